The predicted octanol–water partition coefficient (Wildman–Crippen LogP) is 4.50. The number of rotatable bonds is 1. The Morgan fingerprint density at radius 1 is 1.17 bits per heavy atom. The number of fused-ring (bicyclic) bond motifs is 2. The van der Waals surface area contributed by atoms with Crippen LogP contribution in [0.5, 0.6) is 0 Å². The Morgan fingerprint density at radius 3 is 2.65 bits per heavy atom. The molecule has 0 fully saturated rings. The predicted molar refractivity (Wildman–Crippen MR) is 92.8 cm³/mol. The maximum absolute atomic E-state index is 11.9. The molecule has 4 nitrogen and oxygen atoms in total. The summed E-state index contributed by atoms with van der Waals surface area (Å²) in [4.78, 5) is 19.9. The maximum atomic E-state index is 11.9. The summed E-state index contributed by atoms with van der Waals surface area (Å²) in [6, 6.07) is 11.6. The molecule has 0 radical (unpaired) electrons. The second-order valence-electron chi connectivity index (χ2n) is 6.62. The zero-order valence-corrected chi connectivity index (χ0v) is 13.7. The lowest BCUT2D eigenvalue weighted by Crippen LogP contribution is -2.32. The number of amides is 1. The van der Waals surface area contributed by atoms with Crippen molar-refractivity contribution in [3.8, 4) is 11.4 Å². The minimum Gasteiger partial charge on any atom is -0.338 e. The molecule has 2 N–H and O–H groups in total. The zero-order chi connectivity index (χ0) is 16.2. The van der Waals surface area contributed by atoms with Crippen LogP contribution in [0.2, 0.25) is 5.02 Å². The Labute approximate surface area is 138 Å². The first-order chi connectivity index (χ1) is 10.9. The van der Waals surface area contributed by atoms with E-state index in [-0.39, 0.29) is 11.3 Å². The van der Waals surface area contributed by atoms with Crippen LogP contribution in [0, 0.1) is 0 Å². The van der Waals surface area contributed by atoms with Crippen LogP contribution in [0.1, 0.15) is 25.8 Å². The molecule has 1 aliphatic rings. The summed E-state index contributed by atoms with van der Waals surface area (Å²) in [6.45, 7) is 4.18. The van der Waals surface area contributed by atoms with Gasteiger partial charge in [0, 0.05) is 28.1 Å². The average Bonchev–Trinajstić information content (AvgIpc) is 2.88. The quantitative estimate of drug-likeness (QED) is 0.692. The molecule has 0 spiro atoms. The van der Waals surface area contributed by atoms with Gasteiger partial charge in [-0.3, -0.25) is 4.79 Å². The number of hydrogen-bond acceptors (Lipinski definition) is 2. The number of nitrogens with zero attached hydrogens (tertiary/aromatic N) is 1. The highest BCUT2D eigenvalue weighted by atomic mass is 35.5. The fourth-order valence-corrected chi connectivity index (χ4v) is 3.28. The van der Waals surface area contributed by atoms with E-state index in [4.69, 9.17) is 11.6 Å². The van der Waals surface area contributed by atoms with E-state index < -0.39 is 0 Å². The number of hydrogen-bond donors (Lipinski definition) is 2. The van der Waals surface area contributed by atoms with Gasteiger partial charge in [0.2, 0.25) is 5.91 Å². The third kappa shape index (κ3) is 2.39. The lowest BCUT2D eigenvalue weighted by molar-refractivity contribution is -0.117. The van der Waals surface area contributed by atoms with Gasteiger partial charge in [0.25, 0.3) is 0 Å². The van der Waals surface area contributed by atoms with Crippen molar-refractivity contribution in [3.05, 3.63) is 47.0 Å². The van der Waals surface area contributed by atoms with Crippen molar-refractivity contribution in [2.24, 2.45) is 0 Å². The van der Waals surface area contributed by atoms with Gasteiger partial charge < -0.3 is 10.3 Å². The van der Waals surface area contributed by atoms with Gasteiger partial charge in [0.1, 0.15) is 5.82 Å². The van der Waals surface area contributed by atoms with Gasteiger partial charge >= 0.3 is 0 Å². The molecule has 0 bridgehead atoms. The number of nitrogens with one attached hydrogen (secondary N) is 2. The number of benzene rings is 2. The van der Waals surface area contributed by atoms with Crippen molar-refractivity contribution < 1.29 is 4.79 Å². The van der Waals surface area contributed by atoms with Crippen LogP contribution in [0.25, 0.3) is 22.4 Å². The van der Waals surface area contributed by atoms with Crippen LogP contribution in [0.4, 0.5) is 5.69 Å². The molecule has 0 atom stereocenters. The van der Waals surface area contributed by atoms with Gasteiger partial charge in [-0.15, -0.1) is 0 Å². The van der Waals surface area contributed by atoms with Gasteiger partial charge in [-0.05, 0) is 42.0 Å². The van der Waals surface area contributed by atoms with Crippen molar-refractivity contribution in [2.45, 2.75) is 25.7 Å². The molecular formula is C18H16ClN3O. The van der Waals surface area contributed by atoms with Crippen molar-refractivity contribution in [3.63, 3.8) is 0 Å². The van der Waals surface area contributed by atoms with Crippen LogP contribution < -0.4 is 5.32 Å². The minimum atomic E-state index is -0.183. The highest BCUT2D eigenvalue weighted by Crippen LogP contribution is 2.39. The summed E-state index contributed by atoms with van der Waals surface area (Å²) in [5.74, 6) is 0.846. The van der Waals surface area contributed by atoms with E-state index in [0.717, 1.165) is 33.7 Å². The van der Waals surface area contributed by atoms with Gasteiger partial charge in [0.05, 0.1) is 11.0 Å². The van der Waals surface area contributed by atoms with Crippen molar-refractivity contribution in [1.82, 2.24) is 9.97 Å². The fourth-order valence-electron chi connectivity index (χ4n) is 3.16. The molecule has 0 aliphatic carbocycles. The molecule has 0 unspecified atom stereocenters. The lowest BCUT2D eigenvalue weighted by Gasteiger charge is -2.31. The summed E-state index contributed by atoms with van der Waals surface area (Å²) < 4.78 is 0. The van der Waals surface area contributed by atoms with E-state index in [1.165, 1.54) is 0 Å². The third-order valence-corrected chi connectivity index (χ3v) is 4.60. The Balaban J connectivity index is 1.87. The minimum absolute atomic E-state index is 0.0512. The smallest absolute Gasteiger partial charge is 0.225 e. The topological polar surface area (TPSA) is 57.8 Å². The number of aromatic amines is 1. The first-order valence-corrected chi connectivity index (χ1v) is 7.90. The molecule has 2 heterocycles. The Kier molecular flexibility index (Phi) is 3.00. The molecule has 4 rings (SSSR count). The summed E-state index contributed by atoms with van der Waals surface area (Å²) in [5, 5.41) is 3.65. The zero-order valence-electron chi connectivity index (χ0n) is 12.9. The Hall–Kier alpha value is -2.33. The van der Waals surface area contributed by atoms with Crippen molar-refractivity contribution in [1.29, 1.82) is 0 Å². The van der Waals surface area contributed by atoms with E-state index in [9.17, 15) is 4.79 Å². The molecule has 1 aromatic heterocycles. The van der Waals surface area contributed by atoms with E-state index in [2.05, 4.69) is 35.2 Å². The van der Waals surface area contributed by atoms with Crippen LogP contribution in [-0.2, 0) is 10.2 Å². The normalized spacial score (nSPS) is 16.2. The number of anilines is 1. The van der Waals surface area contributed by atoms with E-state index >= 15 is 0 Å². The summed E-state index contributed by atoms with van der Waals surface area (Å²) in [6.07, 6.45) is 0.490. The second kappa shape index (κ2) is 4.83. The summed E-state index contributed by atoms with van der Waals surface area (Å²) in [5.41, 5.74) is 4.59. The van der Waals surface area contributed by atoms with Gasteiger partial charge in [-0.2, -0.15) is 0 Å². The SMILES string of the molecule is CC1(C)CC(=O)Nc2cc3nc(-c4ccc(Cl)cc4)[nH]c3cc21. The number of aromatic nitrogens is 2. The third-order valence-electron chi connectivity index (χ3n) is 4.34. The van der Waals surface area contributed by atoms with Crippen LogP contribution in [0.15, 0.2) is 36.4 Å². The van der Waals surface area contributed by atoms with Gasteiger partial charge in [0.15, 0.2) is 0 Å². The molecule has 2 aromatic carbocycles. The monoisotopic (exact) mass is 325 g/mol. The van der Waals surface area contributed by atoms with Gasteiger partial charge in [-0.1, -0.05) is 25.4 Å². The van der Waals surface area contributed by atoms with Gasteiger partial charge in [-0.25, -0.2) is 4.98 Å². The standard InChI is InChI=1S/C18H16ClN3O/c1-18(2)9-16(23)20-13-8-15-14(7-12(13)18)21-17(22-15)10-3-5-11(19)6-4-10/h3-8H,9H2,1-2H3,(H,20,23)(H,21,22). The summed E-state index contributed by atoms with van der Waals surface area (Å²) >= 11 is 5.94. The number of H-pyrrole nitrogens is 1. The van der Waals surface area contributed by atoms with E-state index in [1.54, 1.807) is 0 Å². The van der Waals surface area contributed by atoms with Crippen molar-refractivity contribution in [2.75, 3.05) is 5.32 Å². The fraction of sp³-hybridized carbons (Fsp3) is 0.222. The number of carbonyl (C=O) groups excluding carboxylic acids is 1. The molecule has 0 saturated carbocycles. The molecular weight excluding hydrogens is 310 g/mol. The van der Waals surface area contributed by atoms with Crippen molar-refractivity contribution >= 4 is 34.2 Å². The molecule has 0 saturated heterocycles. The molecule has 3 aromatic rings. The molecule has 116 valence electrons. The number of carbonyl (C=O) groups is 1. The molecule has 5 heteroatoms. The van der Waals surface area contributed by atoms with Crippen LogP contribution in [0.3, 0.4) is 0 Å². The summed E-state index contributed by atoms with van der Waals surface area (Å²) in [7, 11) is 0. The number of imidazole rings is 1. The van der Waals surface area contributed by atoms with Crippen LogP contribution in [-0.4, -0.2) is 15.9 Å². The first-order valence-electron chi connectivity index (χ1n) is 7.52. The molecule has 1 amide bonds. The van der Waals surface area contributed by atoms with E-state index in [0.29, 0.717) is 11.4 Å². The second-order valence-corrected chi connectivity index (χ2v) is 7.05. The maximum Gasteiger partial charge on any atom is 0.225 e. The van der Waals surface area contributed by atoms with E-state index in [1.807, 2.05) is 30.3 Å². The molecule has 1 aliphatic heterocycles. The largest absolute Gasteiger partial charge is 0.338 e. The first kappa shape index (κ1) is 14.3. The lowest BCUT2D eigenvalue weighted by atomic mass is 9.78. The number of halogens is 1. The highest BCUT2D eigenvalue weighted by Gasteiger charge is 2.32. The van der Waals surface area contributed by atoms with Crippen LogP contribution >= 0.6 is 11.6 Å². The highest BCUT2D eigenvalue weighted by molar-refractivity contribution is 6.30. The Bertz CT molecular complexity index is 925. The average molecular weight is 326 g/mol. The Morgan fingerprint density at radius 2 is 1.91 bits per heavy atom. The molecule has 23 heavy (non-hydrogen) atoms.